The molecule has 0 aliphatic heterocycles. The van der Waals surface area contributed by atoms with Crippen LogP contribution in [0, 0.1) is 11.3 Å². The number of halogens is 1. The summed E-state index contributed by atoms with van der Waals surface area (Å²) >= 11 is 5.90. The number of fused-ring (bicyclic) bond motifs is 1. The molecule has 0 saturated heterocycles. The van der Waals surface area contributed by atoms with Crippen molar-refractivity contribution in [1.29, 1.82) is 5.26 Å². The Morgan fingerprint density at radius 1 is 1.53 bits per heavy atom. The van der Waals surface area contributed by atoms with E-state index in [9.17, 15) is 0 Å². The van der Waals surface area contributed by atoms with Gasteiger partial charge in [0.2, 0.25) is 0 Å². The molecule has 2 rings (SSSR count). The van der Waals surface area contributed by atoms with Crippen LogP contribution in [0.25, 0.3) is 11.0 Å². The number of aromatic nitrogens is 2. The summed E-state index contributed by atoms with van der Waals surface area (Å²) in [7, 11) is 0. The number of nitrogen functional groups attached to an aromatic ring is 1. The molecule has 78 valence electrons. The first-order valence-electron chi connectivity index (χ1n) is 4.55. The van der Waals surface area contributed by atoms with Crippen LogP contribution in [0.1, 0.15) is 19.4 Å². The van der Waals surface area contributed by atoms with E-state index >= 15 is 0 Å². The lowest BCUT2D eigenvalue weighted by molar-refractivity contribution is 1.33. The van der Waals surface area contributed by atoms with Gasteiger partial charge in [-0.3, -0.25) is 0 Å². The number of aromatic amines is 1. The molecule has 0 atom stereocenters. The predicted molar refractivity (Wildman–Crippen MR) is 61.6 cm³/mol. The van der Waals surface area contributed by atoms with Crippen LogP contribution in [0.4, 0.5) is 5.82 Å². The van der Waals surface area contributed by atoms with Gasteiger partial charge in [0.05, 0.1) is 16.0 Å². The average Bonchev–Trinajstić information content (AvgIpc) is 2.63. The number of nitrogens with two attached hydrogens (primary N) is 1. The number of rotatable bonds is 0. The fourth-order valence-corrected chi connectivity index (χ4v) is 1.50. The highest BCUT2D eigenvalue weighted by Gasteiger charge is 2.08. The van der Waals surface area contributed by atoms with Gasteiger partial charge in [0.15, 0.2) is 0 Å². The first-order valence-corrected chi connectivity index (χ1v) is 4.93. The molecule has 2 aromatic heterocycles. The summed E-state index contributed by atoms with van der Waals surface area (Å²) in [5.74, 6) is 0.337. The predicted octanol–water partition coefficient (Wildman–Crippen LogP) is 2.70. The normalized spacial score (nSPS) is 9.20. The highest BCUT2D eigenvalue weighted by molar-refractivity contribution is 6.35. The highest BCUT2D eigenvalue weighted by atomic mass is 35.5. The summed E-state index contributed by atoms with van der Waals surface area (Å²) < 4.78 is 0. The SMILES string of the molecule is CC.N#Cc1c[nH]c2nc(N)cc(Cl)c12. The van der Waals surface area contributed by atoms with Gasteiger partial charge in [0.1, 0.15) is 17.5 Å². The second-order valence-electron chi connectivity index (χ2n) is 2.57. The van der Waals surface area contributed by atoms with E-state index in [0.717, 1.165) is 0 Å². The molecule has 0 bridgehead atoms. The van der Waals surface area contributed by atoms with Gasteiger partial charge >= 0.3 is 0 Å². The van der Waals surface area contributed by atoms with Crippen molar-refractivity contribution in [2.24, 2.45) is 0 Å². The first-order chi connectivity index (χ1) is 7.22. The molecule has 0 radical (unpaired) electrons. The van der Waals surface area contributed by atoms with E-state index in [4.69, 9.17) is 22.6 Å². The van der Waals surface area contributed by atoms with Crippen LogP contribution in [0.2, 0.25) is 5.02 Å². The van der Waals surface area contributed by atoms with Crippen LogP contribution in [0.5, 0.6) is 0 Å². The van der Waals surface area contributed by atoms with E-state index in [2.05, 4.69) is 9.97 Å². The molecule has 2 heterocycles. The Morgan fingerprint density at radius 3 is 2.80 bits per heavy atom. The molecule has 5 heteroatoms. The van der Waals surface area contributed by atoms with E-state index < -0.39 is 0 Å². The lowest BCUT2D eigenvalue weighted by Gasteiger charge is -1.95. The zero-order valence-electron chi connectivity index (χ0n) is 8.50. The zero-order valence-corrected chi connectivity index (χ0v) is 9.26. The van der Waals surface area contributed by atoms with Crippen LogP contribution in [0.3, 0.4) is 0 Å². The number of hydrogen-bond donors (Lipinski definition) is 2. The fourth-order valence-electron chi connectivity index (χ4n) is 1.19. The Balaban J connectivity index is 0.000000531. The molecule has 15 heavy (non-hydrogen) atoms. The van der Waals surface area contributed by atoms with Crippen molar-refractivity contribution in [3.8, 4) is 6.07 Å². The molecule has 0 spiro atoms. The third kappa shape index (κ3) is 2.03. The molecular weight excluding hydrogens is 212 g/mol. The minimum Gasteiger partial charge on any atom is -0.384 e. The molecule has 0 unspecified atom stereocenters. The summed E-state index contributed by atoms with van der Waals surface area (Å²) in [6.45, 7) is 4.00. The first kappa shape index (κ1) is 11.3. The summed E-state index contributed by atoms with van der Waals surface area (Å²) in [6.07, 6.45) is 1.56. The molecule has 2 aromatic rings. The van der Waals surface area contributed by atoms with E-state index in [1.54, 1.807) is 6.20 Å². The second-order valence-corrected chi connectivity index (χ2v) is 2.97. The van der Waals surface area contributed by atoms with Crippen LogP contribution < -0.4 is 5.73 Å². The molecule has 0 amide bonds. The van der Waals surface area contributed by atoms with E-state index in [0.29, 0.717) is 27.4 Å². The number of pyridine rings is 1. The number of anilines is 1. The number of H-pyrrole nitrogens is 1. The maximum atomic E-state index is 8.73. The quantitative estimate of drug-likeness (QED) is 0.719. The molecule has 0 fully saturated rings. The smallest absolute Gasteiger partial charge is 0.142 e. The minimum atomic E-state index is 0.337. The number of nitrogens with one attached hydrogen (secondary N) is 1. The largest absolute Gasteiger partial charge is 0.384 e. The molecular formula is C10H11ClN4. The molecule has 0 aromatic carbocycles. The lowest BCUT2D eigenvalue weighted by Crippen LogP contribution is -1.90. The van der Waals surface area contributed by atoms with E-state index in [-0.39, 0.29) is 0 Å². The van der Waals surface area contributed by atoms with E-state index in [1.165, 1.54) is 6.07 Å². The van der Waals surface area contributed by atoms with Crippen molar-refractivity contribution in [1.82, 2.24) is 9.97 Å². The Hall–Kier alpha value is -1.73. The third-order valence-corrected chi connectivity index (χ3v) is 2.03. The molecule has 0 aliphatic rings. The minimum absolute atomic E-state index is 0.337. The van der Waals surface area contributed by atoms with Crippen LogP contribution in [-0.4, -0.2) is 9.97 Å². The third-order valence-electron chi connectivity index (χ3n) is 1.73. The van der Waals surface area contributed by atoms with Crippen molar-refractivity contribution < 1.29 is 0 Å². The summed E-state index contributed by atoms with van der Waals surface area (Å²) in [5, 5.41) is 9.80. The van der Waals surface area contributed by atoms with Gasteiger partial charge < -0.3 is 10.7 Å². The summed E-state index contributed by atoms with van der Waals surface area (Å²) in [4.78, 5) is 6.81. The average molecular weight is 223 g/mol. The van der Waals surface area contributed by atoms with E-state index in [1.807, 2.05) is 19.9 Å². The Labute approximate surface area is 92.7 Å². The van der Waals surface area contributed by atoms with Gasteiger partial charge in [-0.05, 0) is 6.07 Å². The molecule has 0 aliphatic carbocycles. The monoisotopic (exact) mass is 222 g/mol. The van der Waals surface area contributed by atoms with Crippen molar-refractivity contribution in [3.05, 3.63) is 22.8 Å². The van der Waals surface area contributed by atoms with Gasteiger partial charge in [-0.25, -0.2) is 4.98 Å². The lowest BCUT2D eigenvalue weighted by atomic mass is 10.2. The number of nitriles is 1. The van der Waals surface area contributed by atoms with Crippen LogP contribution in [0.15, 0.2) is 12.3 Å². The van der Waals surface area contributed by atoms with Gasteiger partial charge in [0.25, 0.3) is 0 Å². The Bertz CT molecular complexity index is 510. The Morgan fingerprint density at radius 2 is 2.20 bits per heavy atom. The summed E-state index contributed by atoms with van der Waals surface area (Å²) in [6, 6.07) is 3.54. The topological polar surface area (TPSA) is 78.5 Å². The summed E-state index contributed by atoms with van der Waals surface area (Å²) in [5.41, 5.74) is 6.50. The van der Waals surface area contributed by atoms with Crippen molar-refractivity contribution in [2.45, 2.75) is 13.8 Å². The van der Waals surface area contributed by atoms with Gasteiger partial charge in [0, 0.05) is 6.20 Å². The standard InChI is InChI=1S/C8H5ClN4.C2H6/c9-5-1-6(11)13-8-7(5)4(2-10)3-12-8;1-2/h1,3H,(H3,11,12,13);1-2H3. The molecule has 4 nitrogen and oxygen atoms in total. The van der Waals surface area contributed by atoms with Gasteiger partial charge in [-0.1, -0.05) is 25.4 Å². The number of hydrogen-bond acceptors (Lipinski definition) is 3. The molecule has 3 N–H and O–H groups in total. The maximum absolute atomic E-state index is 8.73. The Kier molecular flexibility index (Phi) is 3.53. The highest BCUT2D eigenvalue weighted by Crippen LogP contribution is 2.26. The number of nitrogens with zero attached hydrogens (tertiary/aromatic N) is 2. The second kappa shape index (κ2) is 4.67. The maximum Gasteiger partial charge on any atom is 0.142 e. The van der Waals surface area contributed by atoms with Gasteiger partial charge in [-0.15, -0.1) is 0 Å². The van der Waals surface area contributed by atoms with Crippen LogP contribution in [-0.2, 0) is 0 Å². The van der Waals surface area contributed by atoms with Gasteiger partial charge in [-0.2, -0.15) is 5.26 Å². The van der Waals surface area contributed by atoms with Crippen LogP contribution >= 0.6 is 11.6 Å². The fraction of sp³-hybridized carbons (Fsp3) is 0.200. The molecule has 0 saturated carbocycles. The zero-order chi connectivity index (χ0) is 11.4. The van der Waals surface area contributed by atoms with Crippen molar-refractivity contribution in [3.63, 3.8) is 0 Å². The van der Waals surface area contributed by atoms with Crippen molar-refractivity contribution in [2.75, 3.05) is 5.73 Å². The van der Waals surface area contributed by atoms with Crippen molar-refractivity contribution >= 4 is 28.5 Å².